The van der Waals surface area contributed by atoms with E-state index in [9.17, 15) is 0 Å². The summed E-state index contributed by atoms with van der Waals surface area (Å²) in [6.45, 7) is 4.29. The van der Waals surface area contributed by atoms with Crippen molar-refractivity contribution in [3.05, 3.63) is 215 Å². The van der Waals surface area contributed by atoms with Gasteiger partial charge in [-0.15, -0.1) is 0 Å². The molecule has 0 heteroatoms. The van der Waals surface area contributed by atoms with Crippen LogP contribution in [0.3, 0.4) is 0 Å². The second kappa shape index (κ2) is 13.5. The van der Waals surface area contributed by atoms with Crippen LogP contribution in [-0.4, -0.2) is 0 Å². The summed E-state index contributed by atoms with van der Waals surface area (Å²) in [6, 6.07) is 66.3. The fourth-order valence-corrected chi connectivity index (χ4v) is 8.24. The van der Waals surface area contributed by atoms with E-state index in [1.165, 1.54) is 100 Å². The maximum absolute atomic E-state index is 2.33. The van der Waals surface area contributed by atoms with E-state index in [-0.39, 0.29) is 0 Å². The Bertz CT molecular complexity index is 2420. The van der Waals surface area contributed by atoms with Crippen molar-refractivity contribution < 1.29 is 0 Å². The molecule has 0 saturated carbocycles. The van der Waals surface area contributed by atoms with Crippen LogP contribution in [0.15, 0.2) is 182 Å². The first kappa shape index (κ1) is 31.7. The summed E-state index contributed by atoms with van der Waals surface area (Å²) >= 11 is 0. The molecule has 248 valence electrons. The van der Waals surface area contributed by atoms with E-state index in [0.29, 0.717) is 0 Å². The predicted octanol–water partition coefficient (Wildman–Crippen LogP) is 13.8. The predicted molar refractivity (Wildman–Crippen MR) is 221 cm³/mol. The van der Waals surface area contributed by atoms with Gasteiger partial charge in [-0.2, -0.15) is 0 Å². The van der Waals surface area contributed by atoms with E-state index >= 15 is 0 Å². The van der Waals surface area contributed by atoms with Crippen LogP contribution in [0.1, 0.15) is 33.4 Å². The maximum Gasteiger partial charge on any atom is -0.000729 e. The number of hydrogen-bond donors (Lipinski definition) is 0. The van der Waals surface area contributed by atoms with Gasteiger partial charge in [-0.25, -0.2) is 0 Å². The Morgan fingerprint density at radius 2 is 0.596 bits per heavy atom. The molecule has 0 amide bonds. The summed E-state index contributed by atoms with van der Waals surface area (Å²) in [4.78, 5) is 0. The standard InChI is InChI=1S/2C26H20/c2*1-18-7-4-9-19(15-18)20-10-5-11-21(16-20)24-13-6-14-25-23-12-3-2-8-22(23)17-26(24)25/h2*2-16H,17H2,1H3. The molecule has 0 heterocycles. The van der Waals surface area contributed by atoms with E-state index in [1.807, 2.05) is 0 Å². The van der Waals surface area contributed by atoms with Gasteiger partial charge in [0, 0.05) is 0 Å². The average Bonchev–Trinajstić information content (AvgIpc) is 3.77. The molecule has 8 aromatic rings. The summed E-state index contributed by atoms with van der Waals surface area (Å²) in [5.41, 5.74) is 24.3. The minimum atomic E-state index is 1.02. The zero-order valence-corrected chi connectivity index (χ0v) is 29.7. The van der Waals surface area contributed by atoms with Gasteiger partial charge < -0.3 is 0 Å². The fraction of sp³-hybridized carbons (Fsp3) is 0.0769. The zero-order valence-electron chi connectivity index (χ0n) is 29.7. The first-order valence-electron chi connectivity index (χ1n) is 18.3. The van der Waals surface area contributed by atoms with Crippen LogP contribution in [0, 0.1) is 13.8 Å². The molecule has 8 aromatic carbocycles. The van der Waals surface area contributed by atoms with Crippen molar-refractivity contribution >= 4 is 0 Å². The quantitative estimate of drug-likeness (QED) is 0.176. The number of aryl methyl sites for hydroxylation is 2. The Hall–Kier alpha value is -6.24. The molecule has 0 aromatic heterocycles. The monoisotopic (exact) mass is 664 g/mol. The highest BCUT2D eigenvalue weighted by Crippen LogP contribution is 2.43. The van der Waals surface area contributed by atoms with Gasteiger partial charge in [0.15, 0.2) is 0 Å². The van der Waals surface area contributed by atoms with Crippen molar-refractivity contribution in [2.75, 3.05) is 0 Å². The van der Waals surface area contributed by atoms with Crippen LogP contribution in [0.4, 0.5) is 0 Å². The van der Waals surface area contributed by atoms with Gasteiger partial charge in [-0.05, 0) is 128 Å². The lowest BCUT2D eigenvalue weighted by Crippen LogP contribution is -1.89. The van der Waals surface area contributed by atoms with Crippen LogP contribution in [0.25, 0.3) is 66.8 Å². The van der Waals surface area contributed by atoms with Crippen LogP contribution < -0.4 is 0 Å². The number of hydrogen-bond acceptors (Lipinski definition) is 0. The molecule has 0 saturated heterocycles. The van der Waals surface area contributed by atoms with Gasteiger partial charge in [-0.1, -0.05) is 181 Å². The minimum absolute atomic E-state index is 1.02. The molecule has 0 N–H and O–H groups in total. The molecule has 0 unspecified atom stereocenters. The van der Waals surface area contributed by atoms with E-state index in [2.05, 4.69) is 196 Å². The van der Waals surface area contributed by atoms with E-state index in [1.54, 1.807) is 0 Å². The molecule has 52 heavy (non-hydrogen) atoms. The highest BCUT2D eigenvalue weighted by atomic mass is 14.3. The van der Waals surface area contributed by atoms with Crippen LogP contribution in [0.5, 0.6) is 0 Å². The number of benzene rings is 8. The van der Waals surface area contributed by atoms with Gasteiger partial charge in [0.25, 0.3) is 0 Å². The third-order valence-corrected chi connectivity index (χ3v) is 10.8. The molecule has 2 aliphatic rings. The lowest BCUT2D eigenvalue weighted by atomic mass is 9.93. The van der Waals surface area contributed by atoms with Crippen molar-refractivity contribution in [3.63, 3.8) is 0 Å². The lowest BCUT2D eigenvalue weighted by molar-refractivity contribution is 1.26. The van der Waals surface area contributed by atoms with Crippen LogP contribution >= 0.6 is 0 Å². The summed E-state index contributed by atoms with van der Waals surface area (Å²) < 4.78 is 0. The Morgan fingerprint density at radius 1 is 0.269 bits per heavy atom. The van der Waals surface area contributed by atoms with Gasteiger partial charge in [-0.3, -0.25) is 0 Å². The smallest absolute Gasteiger partial charge is 0.000729 e. The van der Waals surface area contributed by atoms with Crippen molar-refractivity contribution in [2.24, 2.45) is 0 Å². The summed E-state index contributed by atoms with van der Waals surface area (Å²) in [7, 11) is 0. The van der Waals surface area contributed by atoms with E-state index in [0.717, 1.165) is 12.8 Å². The molecule has 0 nitrogen and oxygen atoms in total. The maximum atomic E-state index is 2.33. The first-order chi connectivity index (χ1) is 25.6. The second-order valence-electron chi connectivity index (χ2n) is 14.2. The molecule has 0 atom stereocenters. The third kappa shape index (κ3) is 5.97. The first-order valence-corrected chi connectivity index (χ1v) is 18.3. The van der Waals surface area contributed by atoms with Crippen LogP contribution in [-0.2, 0) is 12.8 Å². The normalized spacial score (nSPS) is 11.9. The summed E-state index contributed by atoms with van der Waals surface area (Å²) in [6.07, 6.45) is 2.05. The van der Waals surface area contributed by atoms with Gasteiger partial charge in [0.2, 0.25) is 0 Å². The number of fused-ring (bicyclic) bond motifs is 6. The molecule has 0 radical (unpaired) electrons. The van der Waals surface area contributed by atoms with Crippen molar-refractivity contribution in [1.82, 2.24) is 0 Å². The molecular formula is C52H40. The SMILES string of the molecule is Cc1cccc(-c2cccc(-c3cccc4c3Cc3ccccc3-4)c2)c1.Cc1cccc(-c2cccc(-c3cccc4c3Cc3ccccc3-4)c2)c1. The Morgan fingerprint density at radius 3 is 1.04 bits per heavy atom. The van der Waals surface area contributed by atoms with Crippen LogP contribution in [0.2, 0.25) is 0 Å². The summed E-state index contributed by atoms with van der Waals surface area (Å²) in [5.74, 6) is 0. The van der Waals surface area contributed by atoms with Gasteiger partial charge >= 0.3 is 0 Å². The zero-order chi connectivity index (χ0) is 35.0. The molecule has 0 bridgehead atoms. The highest BCUT2D eigenvalue weighted by molar-refractivity contribution is 5.87. The molecular weight excluding hydrogens is 625 g/mol. The van der Waals surface area contributed by atoms with E-state index in [4.69, 9.17) is 0 Å². The molecule has 10 rings (SSSR count). The number of rotatable bonds is 4. The summed E-state index contributed by atoms with van der Waals surface area (Å²) in [5, 5.41) is 0. The van der Waals surface area contributed by atoms with Crippen molar-refractivity contribution in [1.29, 1.82) is 0 Å². The van der Waals surface area contributed by atoms with Gasteiger partial charge in [0.05, 0.1) is 0 Å². The topological polar surface area (TPSA) is 0 Å². The van der Waals surface area contributed by atoms with Crippen molar-refractivity contribution in [2.45, 2.75) is 26.7 Å². The Balaban J connectivity index is 0.000000138. The molecule has 2 aliphatic carbocycles. The molecule has 0 spiro atoms. The largest absolute Gasteiger partial charge is 0.0619 e. The third-order valence-electron chi connectivity index (χ3n) is 10.8. The fourth-order valence-electron chi connectivity index (χ4n) is 8.24. The highest BCUT2D eigenvalue weighted by Gasteiger charge is 2.22. The second-order valence-corrected chi connectivity index (χ2v) is 14.2. The van der Waals surface area contributed by atoms with Gasteiger partial charge in [0.1, 0.15) is 0 Å². The molecule has 0 aliphatic heterocycles. The lowest BCUT2D eigenvalue weighted by Gasteiger charge is -2.11. The minimum Gasteiger partial charge on any atom is -0.0619 e. The van der Waals surface area contributed by atoms with Crippen molar-refractivity contribution in [3.8, 4) is 66.8 Å². The average molecular weight is 665 g/mol. The Labute approximate surface area is 307 Å². The Kier molecular flexibility index (Phi) is 8.22. The molecule has 0 fully saturated rings. The van der Waals surface area contributed by atoms with E-state index < -0.39 is 0 Å².